The number of hydrogen-bond donors (Lipinski definition) is 0. The van der Waals surface area contributed by atoms with Crippen LogP contribution in [0.5, 0.6) is 0 Å². The minimum atomic E-state index is 0. The van der Waals surface area contributed by atoms with Gasteiger partial charge in [0.25, 0.3) is 0 Å². The Kier molecular flexibility index (Phi) is 14.0. The zero-order valence-electron chi connectivity index (χ0n) is 14.4. The minimum absolute atomic E-state index is 0. The first-order valence-corrected chi connectivity index (χ1v) is 6.65. The maximum atomic E-state index is 2.24. The molecular formula is C18H26Br2Zr. The van der Waals surface area contributed by atoms with Crippen molar-refractivity contribution in [1.29, 1.82) is 0 Å². The van der Waals surface area contributed by atoms with Crippen LogP contribution in [0.1, 0.15) is 44.5 Å². The molecule has 3 heteroatoms. The van der Waals surface area contributed by atoms with Crippen LogP contribution in [-0.4, -0.2) is 0 Å². The molecule has 0 unspecified atom stereocenters. The van der Waals surface area contributed by atoms with Crippen molar-refractivity contribution in [2.24, 2.45) is 0 Å². The second-order valence-corrected chi connectivity index (χ2v) is 5.52. The van der Waals surface area contributed by atoms with Crippen LogP contribution in [0.15, 0.2) is 12.1 Å². The SMILES string of the molecule is Cc1c[c-](C)c(C)c1C.Cc1c[c-](C)c(C)c1C.[Br-].[Br-].[Zr+4]. The summed E-state index contributed by atoms with van der Waals surface area (Å²) >= 11 is 0. The van der Waals surface area contributed by atoms with Crippen molar-refractivity contribution >= 4 is 0 Å². The molecule has 0 amide bonds. The molecule has 2 rings (SSSR count). The molecule has 0 saturated heterocycles. The Balaban J connectivity index is -0.000000270. The van der Waals surface area contributed by atoms with Gasteiger partial charge in [-0.15, -0.1) is 0 Å². The predicted molar refractivity (Wildman–Crippen MR) is 82.0 cm³/mol. The molecule has 2 aromatic carbocycles. The van der Waals surface area contributed by atoms with Gasteiger partial charge in [-0.05, 0) is 0 Å². The molecule has 0 heterocycles. The van der Waals surface area contributed by atoms with E-state index in [1.807, 2.05) is 0 Å². The van der Waals surface area contributed by atoms with Gasteiger partial charge in [0.05, 0.1) is 0 Å². The summed E-state index contributed by atoms with van der Waals surface area (Å²) in [6.07, 6.45) is 0. The third-order valence-electron chi connectivity index (χ3n) is 4.36. The average molecular weight is 493 g/mol. The number of rotatable bonds is 0. The molecule has 2 aromatic rings. The quantitative estimate of drug-likeness (QED) is 0.426. The zero-order valence-corrected chi connectivity index (χ0v) is 20.0. The molecule has 0 aromatic heterocycles. The third kappa shape index (κ3) is 6.67. The molecule has 0 aliphatic rings. The van der Waals surface area contributed by atoms with Gasteiger partial charge in [0.1, 0.15) is 0 Å². The first-order chi connectivity index (χ1) is 8.25. The summed E-state index contributed by atoms with van der Waals surface area (Å²) in [6.45, 7) is 17.4. The fraction of sp³-hybridized carbons (Fsp3) is 0.444. The molecule has 0 radical (unpaired) electrons. The van der Waals surface area contributed by atoms with E-state index in [4.69, 9.17) is 0 Å². The number of halogens is 2. The summed E-state index contributed by atoms with van der Waals surface area (Å²) in [4.78, 5) is 0. The number of aryl methyl sites for hydroxylation is 4. The summed E-state index contributed by atoms with van der Waals surface area (Å²) in [5.74, 6) is 0. The van der Waals surface area contributed by atoms with E-state index in [1.165, 1.54) is 44.5 Å². The van der Waals surface area contributed by atoms with E-state index in [-0.39, 0.29) is 60.2 Å². The van der Waals surface area contributed by atoms with E-state index in [0.717, 1.165) is 0 Å². The van der Waals surface area contributed by atoms with Crippen molar-refractivity contribution in [3.63, 3.8) is 0 Å². The third-order valence-corrected chi connectivity index (χ3v) is 4.36. The van der Waals surface area contributed by atoms with Crippen LogP contribution in [-0.2, 0) is 26.2 Å². The van der Waals surface area contributed by atoms with Crippen LogP contribution >= 0.6 is 0 Å². The van der Waals surface area contributed by atoms with Crippen LogP contribution in [0.2, 0.25) is 0 Å². The van der Waals surface area contributed by atoms with Crippen LogP contribution in [0, 0.1) is 55.4 Å². The Labute approximate surface area is 171 Å². The molecule has 0 nitrogen and oxygen atoms in total. The van der Waals surface area contributed by atoms with E-state index in [1.54, 1.807) is 0 Å². The van der Waals surface area contributed by atoms with Gasteiger partial charge >= 0.3 is 26.2 Å². The van der Waals surface area contributed by atoms with Crippen molar-refractivity contribution in [1.82, 2.24) is 0 Å². The van der Waals surface area contributed by atoms with Crippen LogP contribution < -0.4 is 34.0 Å². The van der Waals surface area contributed by atoms with Gasteiger partial charge in [0.2, 0.25) is 0 Å². The molecule has 21 heavy (non-hydrogen) atoms. The second kappa shape index (κ2) is 11.1. The summed E-state index contributed by atoms with van der Waals surface area (Å²) in [5.41, 5.74) is 11.5. The number of hydrogen-bond acceptors (Lipinski definition) is 0. The first-order valence-electron chi connectivity index (χ1n) is 6.65. The standard InChI is InChI=1S/2C9H13.2BrH.Zr/c2*1-6-5-7(2)9(4)8(6)3;;;/h2*5H,1-4H3;2*1H;/q2*-1;;;+4/p-2. The van der Waals surface area contributed by atoms with Gasteiger partial charge in [-0.1, -0.05) is 55.4 Å². The van der Waals surface area contributed by atoms with Crippen molar-refractivity contribution in [2.45, 2.75) is 55.4 Å². The maximum Gasteiger partial charge on any atom is 4.00 e. The smallest absolute Gasteiger partial charge is 1.00 e. The van der Waals surface area contributed by atoms with Gasteiger partial charge < -0.3 is 34.0 Å². The average Bonchev–Trinajstić information content (AvgIpc) is 2.66. The van der Waals surface area contributed by atoms with Gasteiger partial charge in [0.15, 0.2) is 0 Å². The van der Waals surface area contributed by atoms with Crippen LogP contribution in [0.3, 0.4) is 0 Å². The van der Waals surface area contributed by atoms with Gasteiger partial charge in [-0.25, -0.2) is 0 Å². The van der Waals surface area contributed by atoms with E-state index in [2.05, 4.69) is 67.5 Å². The predicted octanol–water partition coefficient (Wildman–Crippen LogP) is -0.716. The van der Waals surface area contributed by atoms with Gasteiger partial charge in [0, 0.05) is 0 Å². The normalized spacial score (nSPS) is 8.76. The maximum absolute atomic E-state index is 2.24. The topological polar surface area (TPSA) is 0 Å². The van der Waals surface area contributed by atoms with E-state index in [0.29, 0.717) is 0 Å². The molecule has 116 valence electrons. The van der Waals surface area contributed by atoms with E-state index in [9.17, 15) is 0 Å². The molecule has 0 aliphatic carbocycles. The Hall–Kier alpha value is 0.543. The Morgan fingerprint density at radius 2 is 0.857 bits per heavy atom. The summed E-state index contributed by atoms with van der Waals surface area (Å²) in [6, 6.07) is 4.48. The molecule has 0 spiro atoms. The Morgan fingerprint density at radius 3 is 0.905 bits per heavy atom. The first kappa shape index (κ1) is 26.4. The monoisotopic (exact) mass is 490 g/mol. The molecule has 0 bridgehead atoms. The zero-order chi connectivity index (χ0) is 14.0. The summed E-state index contributed by atoms with van der Waals surface area (Å²) < 4.78 is 0. The molecule has 0 saturated carbocycles. The summed E-state index contributed by atoms with van der Waals surface area (Å²) in [7, 11) is 0. The molecule has 0 aliphatic heterocycles. The van der Waals surface area contributed by atoms with Crippen molar-refractivity contribution in [2.75, 3.05) is 0 Å². The molecular weight excluding hydrogens is 467 g/mol. The largest absolute Gasteiger partial charge is 4.00 e. The Bertz CT molecular complexity index is 453. The van der Waals surface area contributed by atoms with Crippen molar-refractivity contribution in [3.05, 3.63) is 56.6 Å². The fourth-order valence-electron chi connectivity index (χ4n) is 2.27. The van der Waals surface area contributed by atoms with Crippen LogP contribution in [0.4, 0.5) is 0 Å². The van der Waals surface area contributed by atoms with Gasteiger partial charge in [-0.3, -0.25) is 0 Å². The van der Waals surface area contributed by atoms with Crippen molar-refractivity contribution in [3.8, 4) is 0 Å². The summed E-state index contributed by atoms with van der Waals surface area (Å²) in [5, 5.41) is 0. The van der Waals surface area contributed by atoms with Gasteiger partial charge in [-0.2, -0.15) is 56.6 Å². The molecule has 0 N–H and O–H groups in total. The second-order valence-electron chi connectivity index (χ2n) is 5.52. The Morgan fingerprint density at radius 1 is 0.619 bits per heavy atom. The van der Waals surface area contributed by atoms with Crippen molar-refractivity contribution < 1.29 is 60.2 Å². The fourth-order valence-corrected chi connectivity index (χ4v) is 2.27. The minimum Gasteiger partial charge on any atom is -1.00 e. The molecule has 0 atom stereocenters. The van der Waals surface area contributed by atoms with E-state index >= 15 is 0 Å². The molecule has 0 fully saturated rings. The van der Waals surface area contributed by atoms with E-state index < -0.39 is 0 Å². The van der Waals surface area contributed by atoms with Crippen LogP contribution in [0.25, 0.3) is 0 Å².